The van der Waals surface area contributed by atoms with Crippen molar-refractivity contribution in [2.75, 3.05) is 12.3 Å². The molecular formula is C12H9Cl2NO5S. The maximum absolute atomic E-state index is 12.1. The van der Waals surface area contributed by atoms with E-state index < -0.39 is 42.9 Å². The monoisotopic (exact) mass is 349 g/mol. The minimum Gasteiger partial charge on any atom is -0.478 e. The molecule has 0 saturated heterocycles. The molecule has 0 bridgehead atoms. The van der Waals surface area contributed by atoms with Crippen LogP contribution in [0.5, 0.6) is 0 Å². The molecule has 0 atom stereocenters. The van der Waals surface area contributed by atoms with Crippen LogP contribution in [0.25, 0.3) is 0 Å². The zero-order valence-electron chi connectivity index (χ0n) is 10.4. The van der Waals surface area contributed by atoms with Gasteiger partial charge in [0, 0.05) is 5.02 Å². The van der Waals surface area contributed by atoms with Crippen LogP contribution < -0.4 is 5.32 Å². The van der Waals surface area contributed by atoms with Crippen LogP contribution in [0.4, 0.5) is 0 Å². The van der Waals surface area contributed by atoms with Gasteiger partial charge in [0.25, 0.3) is 0 Å². The molecule has 0 fully saturated rings. The maximum Gasteiger partial charge on any atom is 0.337 e. The number of benzene rings is 1. The Morgan fingerprint density at radius 1 is 1.33 bits per heavy atom. The van der Waals surface area contributed by atoms with Crippen molar-refractivity contribution in [3.8, 4) is 12.3 Å². The molecule has 1 aromatic rings. The molecule has 21 heavy (non-hydrogen) atoms. The van der Waals surface area contributed by atoms with Crippen molar-refractivity contribution in [3.63, 3.8) is 0 Å². The Bertz CT molecular complexity index is 737. The molecule has 0 aliphatic carbocycles. The first-order valence-electron chi connectivity index (χ1n) is 5.34. The van der Waals surface area contributed by atoms with Gasteiger partial charge in [-0.15, -0.1) is 6.42 Å². The smallest absolute Gasteiger partial charge is 0.337 e. The van der Waals surface area contributed by atoms with Gasteiger partial charge in [-0.05, 0) is 12.1 Å². The number of terminal acetylenes is 1. The van der Waals surface area contributed by atoms with E-state index in [0.29, 0.717) is 0 Å². The molecular weight excluding hydrogens is 341 g/mol. The molecule has 0 saturated carbocycles. The third-order valence-electron chi connectivity index (χ3n) is 2.28. The maximum atomic E-state index is 12.1. The van der Waals surface area contributed by atoms with Crippen molar-refractivity contribution < 1.29 is 23.1 Å². The summed E-state index contributed by atoms with van der Waals surface area (Å²) in [7, 11) is -4.16. The van der Waals surface area contributed by atoms with Crippen LogP contribution in [0.15, 0.2) is 17.0 Å². The molecule has 0 heterocycles. The average molecular weight is 350 g/mol. The largest absolute Gasteiger partial charge is 0.478 e. The van der Waals surface area contributed by atoms with Crippen LogP contribution in [-0.2, 0) is 14.6 Å². The Morgan fingerprint density at radius 2 is 1.95 bits per heavy atom. The standard InChI is InChI=1S/C12H9Cl2NO5S/c1-2-3-15-10(16)6-21(19,20)9-5-7(13)4-8(11(9)14)12(17)18/h1,4-5H,3,6H2,(H,15,16)(H,17,18). The Balaban J connectivity index is 3.24. The topological polar surface area (TPSA) is 101 Å². The summed E-state index contributed by atoms with van der Waals surface area (Å²) in [4.78, 5) is 21.9. The van der Waals surface area contributed by atoms with E-state index in [1.165, 1.54) is 0 Å². The van der Waals surface area contributed by atoms with Crippen molar-refractivity contribution in [3.05, 3.63) is 27.7 Å². The predicted octanol–water partition coefficient (Wildman–Crippen LogP) is 1.21. The molecule has 1 rings (SSSR count). The number of aromatic carboxylic acids is 1. The molecule has 0 unspecified atom stereocenters. The summed E-state index contributed by atoms with van der Waals surface area (Å²) in [6, 6.07) is 2.00. The van der Waals surface area contributed by atoms with Gasteiger partial charge in [0.2, 0.25) is 5.91 Å². The lowest BCUT2D eigenvalue weighted by Gasteiger charge is -2.09. The van der Waals surface area contributed by atoms with E-state index in [4.69, 9.17) is 34.7 Å². The Kier molecular flexibility index (Phi) is 5.61. The summed E-state index contributed by atoms with van der Waals surface area (Å²) in [6.45, 7) is -0.127. The van der Waals surface area contributed by atoms with E-state index in [9.17, 15) is 18.0 Å². The number of carbonyl (C=O) groups excluding carboxylic acids is 1. The Morgan fingerprint density at radius 3 is 2.48 bits per heavy atom. The highest BCUT2D eigenvalue weighted by atomic mass is 35.5. The molecule has 112 valence electrons. The summed E-state index contributed by atoms with van der Waals surface area (Å²) >= 11 is 11.4. The van der Waals surface area contributed by atoms with Gasteiger partial charge >= 0.3 is 5.97 Å². The van der Waals surface area contributed by atoms with E-state index in [2.05, 4.69) is 11.2 Å². The second-order valence-electron chi connectivity index (χ2n) is 3.81. The number of carboxylic acid groups (broad SMARTS) is 1. The molecule has 0 radical (unpaired) electrons. The van der Waals surface area contributed by atoms with Gasteiger partial charge in [-0.1, -0.05) is 29.1 Å². The van der Waals surface area contributed by atoms with Crippen molar-refractivity contribution in [2.45, 2.75) is 4.90 Å². The molecule has 0 aliphatic heterocycles. The Labute approximate surface area is 131 Å². The van der Waals surface area contributed by atoms with Crippen molar-refractivity contribution in [1.82, 2.24) is 5.32 Å². The normalized spacial score (nSPS) is 10.7. The number of nitrogens with one attached hydrogen (secondary N) is 1. The van der Waals surface area contributed by atoms with Crippen LogP contribution >= 0.6 is 23.2 Å². The number of carboxylic acids is 1. The lowest BCUT2D eigenvalue weighted by atomic mass is 10.2. The van der Waals surface area contributed by atoms with Gasteiger partial charge in [0.15, 0.2) is 9.84 Å². The van der Waals surface area contributed by atoms with Crippen LogP contribution in [0.1, 0.15) is 10.4 Å². The number of hydrogen-bond donors (Lipinski definition) is 2. The average Bonchev–Trinajstić information content (AvgIpc) is 2.37. The van der Waals surface area contributed by atoms with E-state index in [0.717, 1.165) is 12.1 Å². The first kappa shape index (κ1) is 17.3. The lowest BCUT2D eigenvalue weighted by Crippen LogP contribution is -2.30. The summed E-state index contributed by atoms with van der Waals surface area (Å²) in [5.74, 6) is -1.07. The van der Waals surface area contributed by atoms with Gasteiger partial charge in [-0.25, -0.2) is 13.2 Å². The van der Waals surface area contributed by atoms with E-state index >= 15 is 0 Å². The van der Waals surface area contributed by atoms with Gasteiger partial charge in [-0.2, -0.15) is 0 Å². The van der Waals surface area contributed by atoms with Crippen molar-refractivity contribution in [1.29, 1.82) is 0 Å². The van der Waals surface area contributed by atoms with Crippen LogP contribution in [0, 0.1) is 12.3 Å². The quantitative estimate of drug-likeness (QED) is 0.778. The van der Waals surface area contributed by atoms with Crippen LogP contribution in [0.2, 0.25) is 10.0 Å². The summed E-state index contributed by atoms with van der Waals surface area (Å²) in [6.07, 6.45) is 4.93. The second-order valence-corrected chi connectivity index (χ2v) is 6.58. The van der Waals surface area contributed by atoms with E-state index in [1.54, 1.807) is 0 Å². The minimum absolute atomic E-state index is 0.126. The van der Waals surface area contributed by atoms with E-state index in [1.807, 2.05) is 0 Å². The first-order chi connectivity index (χ1) is 9.69. The van der Waals surface area contributed by atoms with Crippen molar-refractivity contribution >= 4 is 44.9 Å². The number of carbonyl (C=O) groups is 2. The molecule has 9 heteroatoms. The fraction of sp³-hybridized carbons (Fsp3) is 0.167. The molecule has 1 aromatic carbocycles. The number of rotatable bonds is 5. The SMILES string of the molecule is C#CCNC(=O)CS(=O)(=O)c1cc(Cl)cc(C(=O)O)c1Cl. The van der Waals surface area contributed by atoms with Gasteiger partial charge < -0.3 is 10.4 Å². The third kappa shape index (κ3) is 4.36. The highest BCUT2D eigenvalue weighted by Gasteiger charge is 2.26. The van der Waals surface area contributed by atoms with Crippen LogP contribution in [0.3, 0.4) is 0 Å². The highest BCUT2D eigenvalue weighted by molar-refractivity contribution is 7.92. The predicted molar refractivity (Wildman–Crippen MR) is 77.3 cm³/mol. The molecule has 6 nitrogen and oxygen atoms in total. The molecule has 0 aliphatic rings. The molecule has 1 amide bonds. The van der Waals surface area contributed by atoms with Crippen LogP contribution in [-0.4, -0.2) is 37.7 Å². The fourth-order valence-corrected chi connectivity index (χ4v) is 3.51. The molecule has 0 aromatic heterocycles. The number of amides is 1. The third-order valence-corrected chi connectivity index (χ3v) is 4.65. The zero-order chi connectivity index (χ0) is 16.2. The number of hydrogen-bond acceptors (Lipinski definition) is 4. The summed E-state index contributed by atoms with van der Waals surface area (Å²) in [5.41, 5.74) is -0.466. The van der Waals surface area contributed by atoms with Gasteiger partial charge in [0.1, 0.15) is 5.75 Å². The molecule has 2 N–H and O–H groups in total. The highest BCUT2D eigenvalue weighted by Crippen LogP contribution is 2.30. The van der Waals surface area contributed by atoms with Crippen molar-refractivity contribution in [2.24, 2.45) is 0 Å². The summed E-state index contributed by atoms with van der Waals surface area (Å²) < 4.78 is 24.2. The first-order valence-corrected chi connectivity index (χ1v) is 7.75. The number of halogens is 2. The van der Waals surface area contributed by atoms with Gasteiger partial charge in [0.05, 0.1) is 22.0 Å². The number of sulfone groups is 1. The molecule has 0 spiro atoms. The zero-order valence-corrected chi connectivity index (χ0v) is 12.7. The minimum atomic E-state index is -4.16. The lowest BCUT2D eigenvalue weighted by molar-refractivity contribution is -0.118. The second kappa shape index (κ2) is 6.80. The van der Waals surface area contributed by atoms with Gasteiger partial charge in [-0.3, -0.25) is 4.79 Å². The fourth-order valence-electron chi connectivity index (χ4n) is 1.40. The summed E-state index contributed by atoms with van der Waals surface area (Å²) in [5, 5.41) is 10.5. The Hall–Kier alpha value is -1.75. The van der Waals surface area contributed by atoms with E-state index in [-0.39, 0.29) is 11.6 Å².